The molecule has 0 radical (unpaired) electrons. The Morgan fingerprint density at radius 1 is 1.44 bits per heavy atom. The van der Waals surface area contributed by atoms with Gasteiger partial charge in [0.25, 0.3) is 0 Å². The quantitative estimate of drug-likeness (QED) is 0.820. The van der Waals surface area contributed by atoms with E-state index in [1.165, 1.54) is 0 Å². The van der Waals surface area contributed by atoms with Gasteiger partial charge in [-0.25, -0.2) is 0 Å². The summed E-state index contributed by atoms with van der Waals surface area (Å²) in [5.74, 6) is 1.19. The lowest BCUT2D eigenvalue weighted by Gasteiger charge is -2.05. The predicted octanol–water partition coefficient (Wildman–Crippen LogP) is 2.29. The minimum atomic E-state index is 0.188. The number of hydrogen-bond acceptors (Lipinski definition) is 5. The van der Waals surface area contributed by atoms with Crippen LogP contribution in [0.25, 0.3) is 11.4 Å². The van der Waals surface area contributed by atoms with Crippen LogP contribution in [0.15, 0.2) is 28.8 Å². The summed E-state index contributed by atoms with van der Waals surface area (Å²) in [6.07, 6.45) is 1.76. The maximum absolute atomic E-state index is 5.72. The van der Waals surface area contributed by atoms with Crippen LogP contribution in [0.1, 0.15) is 19.2 Å². The average molecular weight is 247 g/mol. The zero-order valence-corrected chi connectivity index (χ0v) is 10.6. The van der Waals surface area contributed by atoms with E-state index in [0.717, 1.165) is 12.0 Å². The molecule has 2 N–H and O–H groups in total. The number of anilines is 1. The fourth-order valence-corrected chi connectivity index (χ4v) is 1.60. The van der Waals surface area contributed by atoms with Crippen molar-refractivity contribution in [1.82, 2.24) is 10.1 Å². The predicted molar refractivity (Wildman–Crippen MR) is 68.9 cm³/mol. The lowest BCUT2D eigenvalue weighted by molar-refractivity contribution is 0.109. The van der Waals surface area contributed by atoms with Gasteiger partial charge in [-0.3, -0.25) is 0 Å². The van der Waals surface area contributed by atoms with Crippen LogP contribution in [0.3, 0.4) is 0 Å². The molecule has 0 spiro atoms. The first-order valence-electron chi connectivity index (χ1n) is 5.90. The second-order valence-electron chi connectivity index (χ2n) is 4.22. The number of nitrogens with two attached hydrogens (primary N) is 1. The molecule has 1 atom stereocenters. The number of hydrogen-bond donors (Lipinski definition) is 1. The Morgan fingerprint density at radius 3 is 3.00 bits per heavy atom. The van der Waals surface area contributed by atoms with E-state index in [2.05, 4.69) is 10.1 Å². The van der Waals surface area contributed by atoms with Crippen LogP contribution in [-0.4, -0.2) is 23.4 Å². The summed E-state index contributed by atoms with van der Waals surface area (Å²) in [4.78, 5) is 4.34. The zero-order chi connectivity index (χ0) is 13.0. The van der Waals surface area contributed by atoms with Gasteiger partial charge in [-0.2, -0.15) is 4.98 Å². The van der Waals surface area contributed by atoms with Gasteiger partial charge in [0.05, 0.1) is 6.10 Å². The number of nitrogens with zero attached hydrogens (tertiary/aromatic N) is 2. The van der Waals surface area contributed by atoms with Gasteiger partial charge in [-0.15, -0.1) is 0 Å². The summed E-state index contributed by atoms with van der Waals surface area (Å²) >= 11 is 0. The summed E-state index contributed by atoms with van der Waals surface area (Å²) in [6.45, 7) is 2.01. The first-order chi connectivity index (χ1) is 8.69. The molecule has 0 fully saturated rings. The van der Waals surface area contributed by atoms with E-state index >= 15 is 0 Å². The van der Waals surface area contributed by atoms with Crippen molar-refractivity contribution in [3.8, 4) is 11.4 Å². The lowest BCUT2D eigenvalue weighted by atomic mass is 10.2. The van der Waals surface area contributed by atoms with E-state index in [1.807, 2.05) is 31.2 Å². The summed E-state index contributed by atoms with van der Waals surface area (Å²) in [5, 5.41) is 3.95. The standard InChI is InChI=1S/C13H17N3O2/c1-9(17-2)6-7-12-15-13(16-18-12)10-4-3-5-11(14)8-10/h3-5,8-9H,6-7,14H2,1-2H3. The Balaban J connectivity index is 2.06. The van der Waals surface area contributed by atoms with Crippen LogP contribution in [0.5, 0.6) is 0 Å². The minimum Gasteiger partial charge on any atom is -0.399 e. The van der Waals surface area contributed by atoms with Gasteiger partial charge in [-0.1, -0.05) is 17.3 Å². The van der Waals surface area contributed by atoms with Crippen molar-refractivity contribution in [3.63, 3.8) is 0 Å². The van der Waals surface area contributed by atoms with Crippen molar-refractivity contribution in [2.24, 2.45) is 0 Å². The second-order valence-corrected chi connectivity index (χ2v) is 4.22. The normalized spacial score (nSPS) is 12.6. The van der Waals surface area contributed by atoms with Crippen molar-refractivity contribution >= 4 is 5.69 Å². The molecule has 0 saturated heterocycles. The summed E-state index contributed by atoms with van der Waals surface area (Å²) in [5.41, 5.74) is 7.27. The monoisotopic (exact) mass is 247 g/mol. The number of aromatic nitrogens is 2. The number of ether oxygens (including phenoxy) is 1. The molecule has 0 aliphatic carbocycles. The molecule has 18 heavy (non-hydrogen) atoms. The third-order valence-corrected chi connectivity index (χ3v) is 2.78. The molecule has 2 rings (SSSR count). The van der Waals surface area contributed by atoms with Gasteiger partial charge in [0, 0.05) is 24.8 Å². The van der Waals surface area contributed by atoms with Crippen molar-refractivity contribution in [2.45, 2.75) is 25.9 Å². The Kier molecular flexibility index (Phi) is 3.94. The Morgan fingerprint density at radius 2 is 2.28 bits per heavy atom. The van der Waals surface area contributed by atoms with Crippen molar-refractivity contribution in [3.05, 3.63) is 30.2 Å². The van der Waals surface area contributed by atoms with Crippen LogP contribution in [0, 0.1) is 0 Å². The number of rotatable bonds is 5. The van der Waals surface area contributed by atoms with Gasteiger partial charge in [0.2, 0.25) is 11.7 Å². The Labute approximate surface area is 106 Å². The largest absolute Gasteiger partial charge is 0.399 e. The molecule has 2 aromatic rings. The topological polar surface area (TPSA) is 74.2 Å². The molecule has 1 unspecified atom stereocenters. The van der Waals surface area contributed by atoms with Crippen molar-refractivity contribution < 1.29 is 9.26 Å². The molecular formula is C13H17N3O2. The highest BCUT2D eigenvalue weighted by Crippen LogP contribution is 2.18. The highest BCUT2D eigenvalue weighted by Gasteiger charge is 2.10. The summed E-state index contributed by atoms with van der Waals surface area (Å²) in [6, 6.07) is 7.42. The van der Waals surface area contributed by atoms with E-state index in [4.69, 9.17) is 15.0 Å². The number of aryl methyl sites for hydroxylation is 1. The molecule has 1 heterocycles. The summed E-state index contributed by atoms with van der Waals surface area (Å²) < 4.78 is 10.4. The number of methoxy groups -OCH3 is 1. The average Bonchev–Trinajstić information content (AvgIpc) is 2.84. The molecule has 1 aromatic heterocycles. The molecule has 0 saturated carbocycles. The van der Waals surface area contributed by atoms with E-state index in [1.54, 1.807) is 7.11 Å². The van der Waals surface area contributed by atoms with Crippen molar-refractivity contribution in [1.29, 1.82) is 0 Å². The van der Waals surface area contributed by atoms with E-state index in [9.17, 15) is 0 Å². The molecule has 1 aromatic carbocycles. The van der Waals surface area contributed by atoms with Crippen molar-refractivity contribution in [2.75, 3.05) is 12.8 Å². The van der Waals surface area contributed by atoms with E-state index in [0.29, 0.717) is 23.8 Å². The summed E-state index contributed by atoms with van der Waals surface area (Å²) in [7, 11) is 1.69. The molecule has 0 aliphatic rings. The third-order valence-electron chi connectivity index (χ3n) is 2.78. The van der Waals surface area contributed by atoms with E-state index < -0.39 is 0 Å². The molecule has 5 heteroatoms. The third kappa shape index (κ3) is 3.07. The fourth-order valence-electron chi connectivity index (χ4n) is 1.60. The van der Waals surface area contributed by atoms with Crippen LogP contribution < -0.4 is 5.73 Å². The van der Waals surface area contributed by atoms with Crippen LogP contribution in [0.4, 0.5) is 5.69 Å². The van der Waals surface area contributed by atoms with Gasteiger partial charge in [-0.05, 0) is 25.5 Å². The van der Waals surface area contributed by atoms with Crippen LogP contribution in [-0.2, 0) is 11.2 Å². The smallest absolute Gasteiger partial charge is 0.227 e. The van der Waals surface area contributed by atoms with Crippen LogP contribution in [0.2, 0.25) is 0 Å². The lowest BCUT2D eigenvalue weighted by Crippen LogP contribution is -2.05. The maximum Gasteiger partial charge on any atom is 0.227 e. The highest BCUT2D eigenvalue weighted by molar-refractivity contribution is 5.60. The first-order valence-corrected chi connectivity index (χ1v) is 5.90. The molecule has 0 bridgehead atoms. The second kappa shape index (κ2) is 5.64. The fraction of sp³-hybridized carbons (Fsp3) is 0.385. The van der Waals surface area contributed by atoms with E-state index in [-0.39, 0.29) is 6.10 Å². The van der Waals surface area contributed by atoms with Gasteiger partial charge < -0.3 is 15.0 Å². The van der Waals surface area contributed by atoms with Crippen LogP contribution >= 0.6 is 0 Å². The Hall–Kier alpha value is -1.88. The Bertz CT molecular complexity index is 510. The number of benzene rings is 1. The molecule has 0 amide bonds. The molecular weight excluding hydrogens is 230 g/mol. The maximum atomic E-state index is 5.72. The zero-order valence-electron chi connectivity index (χ0n) is 10.6. The minimum absolute atomic E-state index is 0.188. The van der Waals surface area contributed by atoms with Gasteiger partial charge in [0.15, 0.2) is 0 Å². The number of nitrogen functional groups attached to an aromatic ring is 1. The SMILES string of the molecule is COC(C)CCc1nc(-c2cccc(N)c2)no1. The molecule has 0 aliphatic heterocycles. The molecule has 5 nitrogen and oxygen atoms in total. The highest BCUT2D eigenvalue weighted by atomic mass is 16.5. The first kappa shape index (κ1) is 12.6. The van der Waals surface area contributed by atoms with Gasteiger partial charge >= 0.3 is 0 Å². The molecule has 96 valence electrons. The van der Waals surface area contributed by atoms with Gasteiger partial charge in [0.1, 0.15) is 0 Å².